The van der Waals surface area contributed by atoms with Crippen LogP contribution in [0.15, 0.2) is 0 Å². The van der Waals surface area contributed by atoms with E-state index in [2.05, 4.69) is 20.8 Å². The SMILES string of the molecule is O=C(Nc1nnc(C(F)(F)F)s1)N[C@@H]1CC[C@@H]2CCCC[C@H]2C1. The van der Waals surface area contributed by atoms with Gasteiger partial charge in [0.25, 0.3) is 0 Å². The van der Waals surface area contributed by atoms with Gasteiger partial charge in [0.15, 0.2) is 0 Å². The van der Waals surface area contributed by atoms with E-state index in [-0.39, 0.29) is 11.2 Å². The zero-order valence-corrected chi connectivity index (χ0v) is 13.3. The van der Waals surface area contributed by atoms with Gasteiger partial charge in [-0.05, 0) is 31.1 Å². The predicted molar refractivity (Wildman–Crippen MR) is 80.2 cm³/mol. The zero-order chi connectivity index (χ0) is 16.4. The molecule has 5 nitrogen and oxygen atoms in total. The van der Waals surface area contributed by atoms with Crippen molar-refractivity contribution in [3.63, 3.8) is 0 Å². The molecule has 3 rings (SSSR count). The molecule has 1 aromatic heterocycles. The van der Waals surface area contributed by atoms with Crippen LogP contribution in [0.3, 0.4) is 0 Å². The normalized spacial score (nSPS) is 28.0. The molecule has 2 aliphatic rings. The third-order valence-electron chi connectivity index (χ3n) is 4.76. The van der Waals surface area contributed by atoms with Crippen LogP contribution < -0.4 is 10.6 Å². The average molecular weight is 348 g/mol. The summed E-state index contributed by atoms with van der Waals surface area (Å²) in [5.74, 6) is 1.45. The van der Waals surface area contributed by atoms with Crippen LogP contribution in [-0.2, 0) is 6.18 Å². The van der Waals surface area contributed by atoms with Gasteiger partial charge in [-0.15, -0.1) is 10.2 Å². The van der Waals surface area contributed by atoms with E-state index in [1.165, 1.54) is 25.7 Å². The van der Waals surface area contributed by atoms with E-state index < -0.39 is 17.2 Å². The molecule has 2 amide bonds. The number of aromatic nitrogens is 2. The number of rotatable bonds is 2. The highest BCUT2D eigenvalue weighted by Gasteiger charge is 2.36. The molecule has 23 heavy (non-hydrogen) atoms. The van der Waals surface area contributed by atoms with Gasteiger partial charge in [0.2, 0.25) is 10.1 Å². The van der Waals surface area contributed by atoms with Gasteiger partial charge in [0.05, 0.1) is 0 Å². The summed E-state index contributed by atoms with van der Waals surface area (Å²) in [7, 11) is 0. The van der Waals surface area contributed by atoms with Crippen LogP contribution in [0.1, 0.15) is 50.0 Å². The van der Waals surface area contributed by atoms with E-state index in [0.717, 1.165) is 25.2 Å². The topological polar surface area (TPSA) is 66.9 Å². The molecule has 0 aliphatic heterocycles. The Bertz CT molecular complexity index is 562. The molecule has 2 aliphatic carbocycles. The molecule has 0 unspecified atom stereocenters. The molecule has 0 bridgehead atoms. The van der Waals surface area contributed by atoms with Gasteiger partial charge in [-0.1, -0.05) is 37.0 Å². The maximum atomic E-state index is 12.4. The third kappa shape index (κ3) is 4.13. The van der Waals surface area contributed by atoms with Gasteiger partial charge in [0, 0.05) is 6.04 Å². The quantitative estimate of drug-likeness (QED) is 0.848. The smallest absolute Gasteiger partial charge is 0.335 e. The van der Waals surface area contributed by atoms with E-state index in [0.29, 0.717) is 17.3 Å². The van der Waals surface area contributed by atoms with Gasteiger partial charge >= 0.3 is 12.2 Å². The second-order valence-corrected chi connectivity index (χ2v) is 7.30. The molecular weight excluding hydrogens is 329 g/mol. The van der Waals surface area contributed by atoms with Crippen molar-refractivity contribution in [2.45, 2.75) is 57.2 Å². The number of anilines is 1. The van der Waals surface area contributed by atoms with Crippen molar-refractivity contribution in [3.05, 3.63) is 5.01 Å². The summed E-state index contributed by atoms with van der Waals surface area (Å²) < 4.78 is 37.3. The molecule has 2 fully saturated rings. The minimum absolute atomic E-state index is 0.0874. The number of fused-ring (bicyclic) bond motifs is 1. The van der Waals surface area contributed by atoms with E-state index in [1.807, 2.05) is 0 Å². The molecule has 1 heterocycles. The minimum atomic E-state index is -4.53. The number of hydrogen-bond donors (Lipinski definition) is 2. The zero-order valence-electron chi connectivity index (χ0n) is 12.5. The molecule has 0 aromatic carbocycles. The molecule has 2 N–H and O–H groups in total. The van der Waals surface area contributed by atoms with Crippen molar-refractivity contribution < 1.29 is 18.0 Å². The van der Waals surface area contributed by atoms with E-state index >= 15 is 0 Å². The number of carbonyl (C=O) groups excluding carboxylic acids is 1. The Hall–Kier alpha value is -1.38. The highest BCUT2D eigenvalue weighted by atomic mass is 32.1. The summed E-state index contributed by atoms with van der Waals surface area (Å²) in [6.45, 7) is 0. The highest BCUT2D eigenvalue weighted by molar-refractivity contribution is 7.15. The van der Waals surface area contributed by atoms with Gasteiger partial charge in [-0.3, -0.25) is 5.32 Å². The summed E-state index contributed by atoms with van der Waals surface area (Å²) >= 11 is 0.329. The summed E-state index contributed by atoms with van der Waals surface area (Å²) in [6, 6.07) is -0.418. The van der Waals surface area contributed by atoms with Crippen LogP contribution in [0.2, 0.25) is 0 Å². The number of amides is 2. The van der Waals surface area contributed by atoms with Crippen molar-refractivity contribution in [2.75, 3.05) is 5.32 Å². The summed E-state index contributed by atoms with van der Waals surface area (Å²) in [6.07, 6.45) is 3.54. The Balaban J connectivity index is 1.50. The Labute approximate surface area is 136 Å². The van der Waals surface area contributed by atoms with E-state index in [1.54, 1.807) is 0 Å². The Morgan fingerprint density at radius 2 is 1.83 bits per heavy atom. The van der Waals surface area contributed by atoms with Gasteiger partial charge in [-0.2, -0.15) is 13.2 Å². The van der Waals surface area contributed by atoms with Crippen LogP contribution >= 0.6 is 11.3 Å². The minimum Gasteiger partial charge on any atom is -0.335 e. The number of halogens is 3. The number of hydrogen-bond acceptors (Lipinski definition) is 4. The molecule has 0 spiro atoms. The number of alkyl halides is 3. The fourth-order valence-corrected chi connectivity index (χ4v) is 4.32. The van der Waals surface area contributed by atoms with Crippen LogP contribution in [0, 0.1) is 11.8 Å². The van der Waals surface area contributed by atoms with Gasteiger partial charge in [-0.25, -0.2) is 4.79 Å². The maximum absolute atomic E-state index is 12.4. The monoisotopic (exact) mass is 348 g/mol. The van der Waals surface area contributed by atoms with Crippen LogP contribution in [-0.4, -0.2) is 22.3 Å². The molecular formula is C14H19F3N4OS. The van der Waals surface area contributed by atoms with Crippen molar-refractivity contribution in [1.82, 2.24) is 15.5 Å². The van der Waals surface area contributed by atoms with E-state index in [4.69, 9.17) is 0 Å². The summed E-state index contributed by atoms with van der Waals surface area (Å²) in [5.41, 5.74) is 0. The fourth-order valence-electron chi connectivity index (χ4n) is 3.71. The van der Waals surface area contributed by atoms with Crippen molar-refractivity contribution in [2.24, 2.45) is 11.8 Å². The third-order valence-corrected chi connectivity index (χ3v) is 5.65. The Morgan fingerprint density at radius 3 is 2.52 bits per heavy atom. The molecule has 3 atom stereocenters. The van der Waals surface area contributed by atoms with Crippen LogP contribution in [0.25, 0.3) is 0 Å². The lowest BCUT2D eigenvalue weighted by atomic mass is 9.69. The lowest BCUT2D eigenvalue weighted by Gasteiger charge is -2.39. The summed E-state index contributed by atoms with van der Waals surface area (Å²) in [4.78, 5) is 11.9. The number of nitrogens with one attached hydrogen (secondary N) is 2. The lowest BCUT2D eigenvalue weighted by Crippen LogP contribution is -2.43. The standard InChI is InChI=1S/C14H19F3N4OS/c15-14(16,17)11-20-21-13(23-11)19-12(22)18-10-6-5-8-3-1-2-4-9(8)7-10/h8-10H,1-7H2,(H2,18,19,21,22)/t8-,9-,10+/m0/s1. The van der Waals surface area contributed by atoms with E-state index in [9.17, 15) is 18.0 Å². The first-order valence-electron chi connectivity index (χ1n) is 7.90. The second-order valence-electron chi connectivity index (χ2n) is 6.32. The second kappa shape index (κ2) is 6.62. The lowest BCUT2D eigenvalue weighted by molar-refractivity contribution is -0.138. The molecule has 9 heteroatoms. The predicted octanol–water partition coefficient (Wildman–Crippen LogP) is 4.04. The maximum Gasteiger partial charge on any atom is 0.445 e. The van der Waals surface area contributed by atoms with Crippen LogP contribution in [0.5, 0.6) is 0 Å². The summed E-state index contributed by atoms with van der Waals surface area (Å²) in [5, 5.41) is 10.4. The fraction of sp³-hybridized carbons (Fsp3) is 0.786. The highest BCUT2D eigenvalue weighted by Crippen LogP contribution is 2.40. The Kier molecular flexibility index (Phi) is 4.74. The van der Waals surface area contributed by atoms with Crippen molar-refractivity contribution in [3.8, 4) is 0 Å². The van der Waals surface area contributed by atoms with Gasteiger partial charge in [0.1, 0.15) is 0 Å². The van der Waals surface area contributed by atoms with Crippen molar-refractivity contribution in [1.29, 1.82) is 0 Å². The Morgan fingerprint density at radius 1 is 1.09 bits per heavy atom. The number of urea groups is 1. The van der Waals surface area contributed by atoms with Crippen molar-refractivity contribution >= 4 is 22.5 Å². The molecule has 0 radical (unpaired) electrons. The first-order chi connectivity index (χ1) is 10.9. The van der Waals surface area contributed by atoms with Gasteiger partial charge < -0.3 is 5.32 Å². The number of carbonyl (C=O) groups is 1. The average Bonchev–Trinajstić information content (AvgIpc) is 2.95. The number of nitrogens with zero attached hydrogens (tertiary/aromatic N) is 2. The largest absolute Gasteiger partial charge is 0.445 e. The molecule has 0 saturated heterocycles. The molecule has 2 saturated carbocycles. The molecule has 1 aromatic rings. The van der Waals surface area contributed by atoms with Crippen LogP contribution in [0.4, 0.5) is 23.1 Å². The first kappa shape index (κ1) is 16.5. The first-order valence-corrected chi connectivity index (χ1v) is 8.71. The molecule has 128 valence electrons.